The molecule has 20 heavy (non-hydrogen) atoms. The van der Waals surface area contributed by atoms with Gasteiger partial charge in [-0.25, -0.2) is 4.79 Å². The van der Waals surface area contributed by atoms with Crippen LogP contribution >= 0.6 is 11.3 Å². The molecule has 2 N–H and O–H groups in total. The van der Waals surface area contributed by atoms with Gasteiger partial charge < -0.3 is 10.4 Å². The molecule has 0 bridgehead atoms. The van der Waals surface area contributed by atoms with Crippen molar-refractivity contribution in [3.05, 3.63) is 56.8 Å². The fourth-order valence-electron chi connectivity index (χ4n) is 1.78. The zero-order chi connectivity index (χ0) is 14.7. The Morgan fingerprint density at radius 1 is 1.20 bits per heavy atom. The van der Waals surface area contributed by atoms with Crippen LogP contribution in [0.2, 0.25) is 0 Å². The van der Waals surface area contributed by atoms with Crippen molar-refractivity contribution in [1.82, 2.24) is 5.32 Å². The van der Waals surface area contributed by atoms with Crippen LogP contribution in [0.3, 0.4) is 0 Å². The van der Waals surface area contributed by atoms with Gasteiger partial charge in [0.25, 0.3) is 5.91 Å². The van der Waals surface area contributed by atoms with Crippen molar-refractivity contribution < 1.29 is 14.7 Å². The molecule has 0 atom stereocenters. The van der Waals surface area contributed by atoms with Crippen molar-refractivity contribution in [2.75, 3.05) is 0 Å². The van der Waals surface area contributed by atoms with Gasteiger partial charge in [0.1, 0.15) is 0 Å². The Kier molecular flexibility index (Phi) is 4.20. The third-order valence-electron chi connectivity index (χ3n) is 3.18. The van der Waals surface area contributed by atoms with Crippen molar-refractivity contribution >= 4 is 23.2 Å². The van der Waals surface area contributed by atoms with E-state index >= 15 is 0 Å². The Bertz CT molecular complexity index is 644. The summed E-state index contributed by atoms with van der Waals surface area (Å²) in [5.74, 6) is -1.06. The molecule has 0 unspecified atom stereocenters. The lowest BCUT2D eigenvalue weighted by atomic mass is 10.1. The van der Waals surface area contributed by atoms with Crippen molar-refractivity contribution in [2.24, 2.45) is 0 Å². The molecule has 1 amide bonds. The van der Waals surface area contributed by atoms with Crippen LogP contribution in [0.25, 0.3) is 0 Å². The molecule has 1 aromatic heterocycles. The Morgan fingerprint density at radius 3 is 2.35 bits per heavy atom. The molecule has 0 saturated heterocycles. The maximum absolute atomic E-state index is 12.0. The number of carbonyl (C=O) groups excluding carboxylic acids is 1. The fourth-order valence-corrected chi connectivity index (χ4v) is 2.65. The summed E-state index contributed by atoms with van der Waals surface area (Å²) in [4.78, 5) is 23.9. The standard InChI is InChI=1S/C15H15NO3S/c1-9-10(2)20-8-13(9)14(17)16-7-11-3-5-12(6-4-11)15(18)19/h3-6,8H,7H2,1-2H3,(H,16,17)(H,18,19). The van der Waals surface area contributed by atoms with E-state index in [2.05, 4.69) is 5.32 Å². The van der Waals surface area contributed by atoms with Crippen LogP contribution in [-0.2, 0) is 6.54 Å². The summed E-state index contributed by atoms with van der Waals surface area (Å²) in [6.45, 7) is 4.30. The molecule has 1 heterocycles. The van der Waals surface area contributed by atoms with Gasteiger partial charge in [-0.15, -0.1) is 11.3 Å². The van der Waals surface area contributed by atoms with E-state index in [4.69, 9.17) is 5.11 Å². The normalized spacial score (nSPS) is 10.3. The second kappa shape index (κ2) is 5.88. The molecular formula is C15H15NO3S. The van der Waals surface area contributed by atoms with Gasteiger partial charge in [-0.1, -0.05) is 12.1 Å². The molecule has 0 radical (unpaired) electrons. The highest BCUT2D eigenvalue weighted by atomic mass is 32.1. The van der Waals surface area contributed by atoms with Crippen molar-refractivity contribution in [2.45, 2.75) is 20.4 Å². The molecule has 104 valence electrons. The molecule has 2 rings (SSSR count). The van der Waals surface area contributed by atoms with Crippen LogP contribution in [-0.4, -0.2) is 17.0 Å². The lowest BCUT2D eigenvalue weighted by molar-refractivity contribution is 0.0696. The Morgan fingerprint density at radius 2 is 1.85 bits per heavy atom. The molecule has 5 heteroatoms. The summed E-state index contributed by atoms with van der Waals surface area (Å²) in [6.07, 6.45) is 0. The van der Waals surface area contributed by atoms with Gasteiger partial charge in [0.15, 0.2) is 0 Å². The first kappa shape index (κ1) is 14.3. The predicted octanol–water partition coefficient (Wildman–Crippen LogP) is 2.99. The smallest absolute Gasteiger partial charge is 0.335 e. The number of aryl methyl sites for hydroxylation is 1. The predicted molar refractivity (Wildman–Crippen MR) is 78.4 cm³/mol. The second-order valence-electron chi connectivity index (χ2n) is 4.52. The number of amides is 1. The van der Waals surface area contributed by atoms with Crippen LogP contribution in [0.1, 0.15) is 36.7 Å². The lowest BCUT2D eigenvalue weighted by Crippen LogP contribution is -2.23. The first-order valence-corrected chi connectivity index (χ1v) is 7.02. The number of carbonyl (C=O) groups is 2. The quantitative estimate of drug-likeness (QED) is 0.909. The monoisotopic (exact) mass is 289 g/mol. The molecule has 0 saturated carbocycles. The van der Waals surface area contributed by atoms with E-state index in [9.17, 15) is 9.59 Å². The largest absolute Gasteiger partial charge is 0.478 e. The number of aromatic carboxylic acids is 1. The minimum absolute atomic E-state index is 0.103. The molecule has 2 aromatic rings. The molecular weight excluding hydrogens is 274 g/mol. The first-order chi connectivity index (χ1) is 9.49. The highest BCUT2D eigenvalue weighted by molar-refractivity contribution is 7.10. The zero-order valence-corrected chi connectivity index (χ0v) is 12.1. The number of thiophene rings is 1. The molecule has 0 aliphatic rings. The Balaban J connectivity index is 2.00. The number of carboxylic acids is 1. The van der Waals surface area contributed by atoms with Gasteiger partial charge in [-0.3, -0.25) is 4.79 Å². The lowest BCUT2D eigenvalue weighted by Gasteiger charge is -2.05. The van der Waals surface area contributed by atoms with Gasteiger partial charge in [-0.05, 0) is 37.1 Å². The van der Waals surface area contributed by atoms with Crippen LogP contribution in [0.5, 0.6) is 0 Å². The molecule has 0 fully saturated rings. The van der Waals surface area contributed by atoms with E-state index in [1.54, 1.807) is 23.5 Å². The SMILES string of the molecule is Cc1scc(C(=O)NCc2ccc(C(=O)O)cc2)c1C. The van der Waals surface area contributed by atoms with Gasteiger partial charge in [0, 0.05) is 16.8 Å². The van der Waals surface area contributed by atoms with Crippen LogP contribution < -0.4 is 5.32 Å². The average molecular weight is 289 g/mol. The van der Waals surface area contributed by atoms with Crippen molar-refractivity contribution in [3.63, 3.8) is 0 Å². The third-order valence-corrected chi connectivity index (χ3v) is 4.20. The maximum Gasteiger partial charge on any atom is 0.335 e. The van der Waals surface area contributed by atoms with E-state index in [0.717, 1.165) is 16.0 Å². The van der Waals surface area contributed by atoms with Crippen molar-refractivity contribution in [1.29, 1.82) is 0 Å². The number of nitrogens with one attached hydrogen (secondary N) is 1. The minimum Gasteiger partial charge on any atom is -0.478 e. The maximum atomic E-state index is 12.0. The van der Waals surface area contributed by atoms with E-state index in [0.29, 0.717) is 12.1 Å². The first-order valence-electron chi connectivity index (χ1n) is 6.14. The van der Waals surface area contributed by atoms with E-state index in [-0.39, 0.29) is 11.5 Å². The number of hydrogen-bond donors (Lipinski definition) is 2. The fraction of sp³-hybridized carbons (Fsp3) is 0.200. The number of benzene rings is 1. The number of hydrogen-bond acceptors (Lipinski definition) is 3. The van der Waals surface area contributed by atoms with Crippen LogP contribution in [0.4, 0.5) is 0 Å². The summed E-state index contributed by atoms with van der Waals surface area (Å²) in [6, 6.07) is 6.47. The third kappa shape index (κ3) is 3.05. The molecule has 0 spiro atoms. The highest BCUT2D eigenvalue weighted by Crippen LogP contribution is 2.20. The molecule has 1 aromatic carbocycles. The van der Waals surface area contributed by atoms with E-state index < -0.39 is 5.97 Å². The molecule has 4 nitrogen and oxygen atoms in total. The summed E-state index contributed by atoms with van der Waals surface area (Å²) in [5, 5.41) is 13.5. The summed E-state index contributed by atoms with van der Waals surface area (Å²) in [5.41, 5.74) is 2.82. The minimum atomic E-state index is -0.954. The Hall–Kier alpha value is -2.14. The zero-order valence-electron chi connectivity index (χ0n) is 11.3. The highest BCUT2D eigenvalue weighted by Gasteiger charge is 2.12. The van der Waals surface area contributed by atoms with Crippen molar-refractivity contribution in [3.8, 4) is 0 Å². The second-order valence-corrected chi connectivity index (χ2v) is 5.60. The van der Waals surface area contributed by atoms with Crippen LogP contribution in [0, 0.1) is 13.8 Å². The average Bonchev–Trinajstić information content (AvgIpc) is 2.77. The van der Waals surface area contributed by atoms with Gasteiger partial charge in [0.05, 0.1) is 11.1 Å². The van der Waals surface area contributed by atoms with Gasteiger partial charge in [-0.2, -0.15) is 0 Å². The summed E-state index contributed by atoms with van der Waals surface area (Å²) in [7, 11) is 0. The van der Waals surface area contributed by atoms with E-state index in [1.165, 1.54) is 12.1 Å². The Labute approximate surface area is 121 Å². The van der Waals surface area contributed by atoms with Gasteiger partial charge >= 0.3 is 5.97 Å². The number of carboxylic acid groups (broad SMARTS) is 1. The van der Waals surface area contributed by atoms with E-state index in [1.807, 2.05) is 19.2 Å². The summed E-state index contributed by atoms with van der Waals surface area (Å²) < 4.78 is 0. The summed E-state index contributed by atoms with van der Waals surface area (Å²) >= 11 is 1.56. The van der Waals surface area contributed by atoms with Crippen LogP contribution in [0.15, 0.2) is 29.6 Å². The molecule has 0 aliphatic heterocycles. The molecule has 0 aliphatic carbocycles. The van der Waals surface area contributed by atoms with Gasteiger partial charge in [0.2, 0.25) is 0 Å². The number of rotatable bonds is 4. The topological polar surface area (TPSA) is 66.4 Å².